The molecule has 0 saturated carbocycles. The fourth-order valence-electron chi connectivity index (χ4n) is 5.49. The van der Waals surface area contributed by atoms with E-state index in [0.29, 0.717) is 19.5 Å². The molecule has 2 aliphatic heterocycles. The average Bonchev–Trinajstić information content (AvgIpc) is 3.20. The molecule has 0 atom stereocenters. The minimum absolute atomic E-state index is 0.128. The van der Waals surface area contributed by atoms with Crippen LogP contribution in [0.25, 0.3) is 0 Å². The maximum absolute atomic E-state index is 13.7. The lowest BCUT2D eigenvalue weighted by molar-refractivity contribution is -0.118. The molecule has 1 fully saturated rings. The van der Waals surface area contributed by atoms with Gasteiger partial charge in [0.15, 0.2) is 11.6 Å². The molecule has 3 aromatic rings. The summed E-state index contributed by atoms with van der Waals surface area (Å²) in [6.45, 7) is 2.89. The highest BCUT2D eigenvalue weighted by atomic mass is 19.2. The molecule has 0 bridgehead atoms. The maximum Gasteiger partial charge on any atom is 0.227 e. The summed E-state index contributed by atoms with van der Waals surface area (Å²) >= 11 is 0. The normalized spacial score (nSPS) is 16.9. The first kappa shape index (κ1) is 23.5. The van der Waals surface area contributed by atoms with Crippen molar-refractivity contribution in [2.75, 3.05) is 31.6 Å². The van der Waals surface area contributed by atoms with Gasteiger partial charge in [-0.2, -0.15) is 0 Å². The topological polar surface area (TPSA) is 32.8 Å². The molecule has 35 heavy (non-hydrogen) atoms. The fraction of sp³-hybridized carbons (Fsp3) is 0.345. The minimum Gasteiger partial charge on any atom is -0.497 e. The molecule has 182 valence electrons. The van der Waals surface area contributed by atoms with Crippen molar-refractivity contribution in [3.63, 3.8) is 0 Å². The molecule has 1 saturated heterocycles. The molecule has 2 heterocycles. The summed E-state index contributed by atoms with van der Waals surface area (Å²) in [5.74, 6) is -0.690. The number of halogens is 2. The predicted molar refractivity (Wildman–Crippen MR) is 133 cm³/mol. The molecule has 0 unspecified atom stereocenters. The lowest BCUT2D eigenvalue weighted by atomic mass is 9.74. The summed E-state index contributed by atoms with van der Waals surface area (Å²) in [5.41, 5.74) is 3.97. The second kappa shape index (κ2) is 9.78. The summed E-state index contributed by atoms with van der Waals surface area (Å²) in [4.78, 5) is 17.6. The van der Waals surface area contributed by atoms with Gasteiger partial charge in [-0.3, -0.25) is 9.69 Å². The molecule has 6 heteroatoms. The van der Waals surface area contributed by atoms with E-state index in [0.717, 1.165) is 54.9 Å². The minimum atomic E-state index is -0.820. The number of methoxy groups -OCH3 is 1. The molecule has 1 spiro atoms. The van der Waals surface area contributed by atoms with Crippen molar-refractivity contribution < 1.29 is 18.3 Å². The van der Waals surface area contributed by atoms with Crippen molar-refractivity contribution in [2.24, 2.45) is 0 Å². The Bertz CT molecular complexity index is 1210. The third kappa shape index (κ3) is 4.80. The van der Waals surface area contributed by atoms with Gasteiger partial charge in [-0.05, 0) is 79.4 Å². The van der Waals surface area contributed by atoms with Crippen LogP contribution in [0.1, 0.15) is 36.0 Å². The number of piperidine rings is 1. The number of hydrogen-bond donors (Lipinski definition) is 0. The van der Waals surface area contributed by atoms with Crippen LogP contribution in [0.15, 0.2) is 66.7 Å². The number of carbonyl (C=O) groups excluding carboxylic acids is 1. The second-order valence-corrected chi connectivity index (χ2v) is 9.65. The number of fused-ring (bicyclic) bond motifs is 2. The first-order valence-corrected chi connectivity index (χ1v) is 12.2. The van der Waals surface area contributed by atoms with E-state index in [2.05, 4.69) is 23.1 Å². The molecule has 3 aromatic carbocycles. The van der Waals surface area contributed by atoms with Gasteiger partial charge in [0.2, 0.25) is 5.91 Å². The van der Waals surface area contributed by atoms with Gasteiger partial charge in [0.25, 0.3) is 0 Å². The van der Waals surface area contributed by atoms with Crippen LogP contribution in [0.5, 0.6) is 5.75 Å². The van der Waals surface area contributed by atoms with Crippen molar-refractivity contribution in [3.05, 3.63) is 95.1 Å². The van der Waals surface area contributed by atoms with Gasteiger partial charge in [-0.25, -0.2) is 8.78 Å². The number of anilines is 1. The van der Waals surface area contributed by atoms with E-state index in [-0.39, 0.29) is 11.3 Å². The molecule has 1 amide bonds. The zero-order valence-electron chi connectivity index (χ0n) is 20.0. The molecular formula is C29H30F2N2O2. The number of ether oxygens (including phenoxy) is 1. The predicted octanol–water partition coefficient (Wildman–Crippen LogP) is 5.49. The van der Waals surface area contributed by atoms with E-state index in [4.69, 9.17) is 4.74 Å². The molecular weight excluding hydrogens is 446 g/mol. The van der Waals surface area contributed by atoms with Gasteiger partial charge >= 0.3 is 0 Å². The number of carbonyl (C=O) groups is 1. The van der Waals surface area contributed by atoms with Gasteiger partial charge in [0, 0.05) is 30.6 Å². The summed E-state index contributed by atoms with van der Waals surface area (Å²) in [6.07, 6.45) is 2.96. The van der Waals surface area contributed by atoms with E-state index < -0.39 is 11.6 Å². The van der Waals surface area contributed by atoms with Crippen LogP contribution >= 0.6 is 0 Å². The Morgan fingerprint density at radius 2 is 1.71 bits per heavy atom. The second-order valence-electron chi connectivity index (χ2n) is 9.65. The van der Waals surface area contributed by atoms with E-state index in [1.54, 1.807) is 13.2 Å². The average molecular weight is 477 g/mol. The van der Waals surface area contributed by atoms with Crippen LogP contribution in [-0.4, -0.2) is 37.6 Å². The van der Waals surface area contributed by atoms with Gasteiger partial charge in [0.05, 0.1) is 7.11 Å². The largest absolute Gasteiger partial charge is 0.497 e. The molecule has 2 aliphatic rings. The quantitative estimate of drug-likeness (QED) is 0.472. The number of nitrogens with zero attached hydrogens (tertiary/aromatic N) is 2. The zero-order valence-corrected chi connectivity index (χ0v) is 20.0. The Labute approximate surface area is 205 Å². The number of likely N-dealkylation sites (tertiary alicyclic amines) is 1. The van der Waals surface area contributed by atoms with E-state index in [9.17, 15) is 13.6 Å². The molecule has 0 radical (unpaired) electrons. The van der Waals surface area contributed by atoms with Crippen molar-refractivity contribution in [3.8, 4) is 5.75 Å². The van der Waals surface area contributed by atoms with Crippen molar-refractivity contribution in [1.82, 2.24) is 4.90 Å². The Morgan fingerprint density at radius 1 is 0.943 bits per heavy atom. The molecule has 0 N–H and O–H groups in total. The van der Waals surface area contributed by atoms with E-state index in [1.807, 2.05) is 35.2 Å². The lowest BCUT2D eigenvalue weighted by Gasteiger charge is -2.40. The monoisotopic (exact) mass is 476 g/mol. The van der Waals surface area contributed by atoms with Crippen molar-refractivity contribution in [2.45, 2.75) is 37.6 Å². The van der Waals surface area contributed by atoms with Crippen molar-refractivity contribution in [1.29, 1.82) is 0 Å². The number of amides is 1. The Hall–Kier alpha value is -3.25. The summed E-state index contributed by atoms with van der Waals surface area (Å²) in [5, 5.41) is 0. The van der Waals surface area contributed by atoms with Crippen LogP contribution in [0.3, 0.4) is 0 Å². The molecule has 5 rings (SSSR count). The van der Waals surface area contributed by atoms with Crippen LogP contribution in [0.4, 0.5) is 14.5 Å². The van der Waals surface area contributed by atoms with Crippen LogP contribution in [0.2, 0.25) is 0 Å². The number of benzene rings is 3. The van der Waals surface area contributed by atoms with E-state index in [1.165, 1.54) is 17.7 Å². The summed E-state index contributed by atoms with van der Waals surface area (Å²) < 4.78 is 32.5. The Kier molecular flexibility index (Phi) is 6.56. The number of rotatable bonds is 6. The lowest BCUT2D eigenvalue weighted by Crippen LogP contribution is -2.45. The Balaban J connectivity index is 1.32. The van der Waals surface area contributed by atoms with Crippen LogP contribution < -0.4 is 9.64 Å². The highest BCUT2D eigenvalue weighted by molar-refractivity contribution is 5.96. The molecule has 0 aliphatic carbocycles. The van der Waals surface area contributed by atoms with Gasteiger partial charge in [-0.1, -0.05) is 36.4 Å². The number of aryl methyl sites for hydroxylation is 1. The maximum atomic E-state index is 13.7. The third-order valence-electron chi connectivity index (χ3n) is 7.50. The molecule has 4 nitrogen and oxygen atoms in total. The van der Waals surface area contributed by atoms with Gasteiger partial charge in [-0.15, -0.1) is 0 Å². The van der Waals surface area contributed by atoms with Gasteiger partial charge in [0.1, 0.15) is 5.75 Å². The Morgan fingerprint density at radius 3 is 2.43 bits per heavy atom. The van der Waals surface area contributed by atoms with Gasteiger partial charge < -0.3 is 9.64 Å². The highest BCUT2D eigenvalue weighted by Gasteiger charge is 2.46. The smallest absolute Gasteiger partial charge is 0.227 e. The molecule has 0 aromatic heterocycles. The summed E-state index contributed by atoms with van der Waals surface area (Å²) in [7, 11) is 1.66. The standard InChI is InChI=1S/C29H30F2N2O2/c1-35-23-9-11-27-24(18-23)29(20-33(27)28(34)12-8-21-5-3-2-4-6-21)13-15-32(16-14-29)19-22-7-10-25(30)26(31)17-22/h2-7,9-11,17-18H,8,12-16,19-20H2,1H3. The SMILES string of the molecule is COc1ccc2c(c1)C1(CCN(Cc3ccc(F)c(F)c3)CC1)CN2C(=O)CCc1ccccc1. The zero-order chi connectivity index (χ0) is 24.4. The highest BCUT2D eigenvalue weighted by Crippen LogP contribution is 2.48. The van der Waals surface area contributed by atoms with Crippen LogP contribution in [-0.2, 0) is 23.2 Å². The number of hydrogen-bond acceptors (Lipinski definition) is 3. The van der Waals surface area contributed by atoms with E-state index >= 15 is 0 Å². The van der Waals surface area contributed by atoms with Crippen molar-refractivity contribution >= 4 is 11.6 Å². The third-order valence-corrected chi connectivity index (χ3v) is 7.50. The van der Waals surface area contributed by atoms with Crippen LogP contribution in [0, 0.1) is 11.6 Å². The first-order valence-electron chi connectivity index (χ1n) is 12.2. The summed E-state index contributed by atoms with van der Waals surface area (Å²) in [6, 6.07) is 20.2. The fourth-order valence-corrected chi connectivity index (χ4v) is 5.49. The first-order chi connectivity index (χ1) is 17.0.